The first-order valence-corrected chi connectivity index (χ1v) is 12.3. The molecule has 3 aliphatic rings. The van der Waals surface area contributed by atoms with Gasteiger partial charge in [-0.25, -0.2) is 18.4 Å². The van der Waals surface area contributed by atoms with Gasteiger partial charge in [-0.1, -0.05) is 0 Å². The van der Waals surface area contributed by atoms with E-state index in [0.717, 1.165) is 31.1 Å². The zero-order valence-corrected chi connectivity index (χ0v) is 18.3. The van der Waals surface area contributed by atoms with Crippen LogP contribution in [0.3, 0.4) is 0 Å². The number of nitrogens with zero attached hydrogens (tertiary/aromatic N) is 5. The van der Waals surface area contributed by atoms with Crippen molar-refractivity contribution in [3.05, 3.63) is 30.6 Å². The zero-order valence-electron chi connectivity index (χ0n) is 17.4. The average molecular weight is 446 g/mol. The molecule has 4 heterocycles. The van der Waals surface area contributed by atoms with Crippen LogP contribution in [0.1, 0.15) is 19.3 Å². The van der Waals surface area contributed by atoms with Crippen molar-refractivity contribution < 1.29 is 17.9 Å². The fraction of sp³-hybridized carbons (Fsp3) is 0.524. The molecule has 0 unspecified atom stereocenters. The van der Waals surface area contributed by atoms with Gasteiger partial charge in [-0.05, 0) is 25.0 Å². The fourth-order valence-electron chi connectivity index (χ4n) is 4.24. The second-order valence-corrected chi connectivity index (χ2v) is 9.92. The Hall–Kier alpha value is -2.59. The van der Waals surface area contributed by atoms with E-state index in [1.807, 2.05) is 6.07 Å². The Balaban J connectivity index is 1.28. The summed E-state index contributed by atoms with van der Waals surface area (Å²) in [6, 6.07) is 6.88. The van der Waals surface area contributed by atoms with Crippen LogP contribution in [-0.4, -0.2) is 75.2 Å². The fourth-order valence-corrected chi connectivity index (χ4v) is 5.68. The summed E-state index contributed by atoms with van der Waals surface area (Å²) in [5.41, 5.74) is 0. The van der Waals surface area contributed by atoms with E-state index in [-0.39, 0.29) is 4.90 Å². The van der Waals surface area contributed by atoms with Crippen LogP contribution in [-0.2, 0) is 10.0 Å². The van der Waals surface area contributed by atoms with Crippen LogP contribution in [0, 0.1) is 0 Å². The monoisotopic (exact) mass is 445 g/mol. The summed E-state index contributed by atoms with van der Waals surface area (Å²) in [7, 11) is -3.60. The number of hydrogen-bond donors (Lipinski definition) is 0. The predicted octanol–water partition coefficient (Wildman–Crippen LogP) is 1.75. The van der Waals surface area contributed by atoms with Gasteiger partial charge in [-0.3, -0.25) is 0 Å². The van der Waals surface area contributed by atoms with Crippen LogP contribution in [0.2, 0.25) is 0 Å². The predicted molar refractivity (Wildman–Crippen MR) is 116 cm³/mol. The number of piperazine rings is 1. The molecule has 0 N–H and O–H groups in total. The summed E-state index contributed by atoms with van der Waals surface area (Å²) in [6.07, 6.45) is 4.76. The minimum Gasteiger partial charge on any atom is -0.490 e. The molecule has 9 nitrogen and oxygen atoms in total. The molecule has 1 aromatic heterocycles. The smallest absolute Gasteiger partial charge is 0.243 e. The van der Waals surface area contributed by atoms with E-state index >= 15 is 0 Å². The maximum Gasteiger partial charge on any atom is 0.243 e. The second-order valence-electron chi connectivity index (χ2n) is 7.98. The molecular weight excluding hydrogens is 418 g/mol. The van der Waals surface area contributed by atoms with Crippen LogP contribution in [0.25, 0.3) is 0 Å². The van der Waals surface area contributed by atoms with Crippen LogP contribution in [0.5, 0.6) is 11.5 Å². The van der Waals surface area contributed by atoms with Gasteiger partial charge in [0.1, 0.15) is 18.0 Å². The topological polar surface area (TPSA) is 88.1 Å². The normalized spacial score (nSPS) is 20.0. The lowest BCUT2D eigenvalue weighted by Gasteiger charge is -2.35. The maximum atomic E-state index is 13.2. The Morgan fingerprint density at radius 1 is 0.742 bits per heavy atom. The summed E-state index contributed by atoms with van der Waals surface area (Å²) < 4.78 is 39.2. The highest BCUT2D eigenvalue weighted by Gasteiger charge is 2.30. The van der Waals surface area contributed by atoms with Crippen LogP contribution >= 0.6 is 0 Å². The summed E-state index contributed by atoms with van der Waals surface area (Å²) in [4.78, 5) is 13.5. The van der Waals surface area contributed by atoms with Crippen LogP contribution in [0.15, 0.2) is 35.5 Å². The van der Waals surface area contributed by atoms with E-state index in [1.165, 1.54) is 17.1 Å². The molecular formula is C21H27N5O4S. The van der Waals surface area contributed by atoms with Gasteiger partial charge in [0, 0.05) is 57.8 Å². The van der Waals surface area contributed by atoms with Gasteiger partial charge in [0.05, 0.1) is 18.1 Å². The van der Waals surface area contributed by atoms with Crippen molar-refractivity contribution in [3.63, 3.8) is 0 Å². The van der Waals surface area contributed by atoms with Crippen molar-refractivity contribution in [3.8, 4) is 11.5 Å². The number of fused-ring (bicyclic) bond motifs is 1. The third-order valence-electron chi connectivity index (χ3n) is 5.99. The van der Waals surface area contributed by atoms with Crippen molar-refractivity contribution in [1.82, 2.24) is 14.3 Å². The minimum atomic E-state index is -3.60. The highest BCUT2D eigenvalue weighted by atomic mass is 32.2. The number of rotatable bonds is 4. The lowest BCUT2D eigenvalue weighted by atomic mass is 10.3. The lowest BCUT2D eigenvalue weighted by Crippen LogP contribution is -2.49. The number of sulfonamides is 1. The first-order chi connectivity index (χ1) is 15.1. The molecule has 0 spiro atoms. The molecule has 0 radical (unpaired) electrons. The third kappa shape index (κ3) is 4.14. The second kappa shape index (κ2) is 8.51. The summed E-state index contributed by atoms with van der Waals surface area (Å²) >= 11 is 0. The zero-order chi connectivity index (χ0) is 21.3. The summed E-state index contributed by atoms with van der Waals surface area (Å²) in [6.45, 7) is 5.12. The Labute approximate surface area is 182 Å². The van der Waals surface area contributed by atoms with Crippen molar-refractivity contribution >= 4 is 21.7 Å². The van der Waals surface area contributed by atoms with E-state index in [1.54, 1.807) is 24.5 Å². The van der Waals surface area contributed by atoms with Gasteiger partial charge in [-0.2, -0.15) is 4.31 Å². The molecule has 3 aliphatic heterocycles. The Kier molecular flexibility index (Phi) is 5.58. The number of benzene rings is 1. The Morgan fingerprint density at radius 3 is 2.10 bits per heavy atom. The molecule has 5 rings (SSSR count). The number of anilines is 2. The Morgan fingerprint density at radius 2 is 1.39 bits per heavy atom. The highest BCUT2D eigenvalue weighted by Crippen LogP contribution is 2.33. The van der Waals surface area contributed by atoms with Gasteiger partial charge in [0.2, 0.25) is 10.0 Å². The molecule has 0 atom stereocenters. The van der Waals surface area contributed by atoms with E-state index in [2.05, 4.69) is 19.8 Å². The molecule has 2 aromatic rings. The van der Waals surface area contributed by atoms with Crippen molar-refractivity contribution in [2.24, 2.45) is 0 Å². The largest absolute Gasteiger partial charge is 0.490 e. The van der Waals surface area contributed by atoms with Crippen molar-refractivity contribution in [2.75, 3.05) is 62.3 Å². The maximum absolute atomic E-state index is 13.2. The summed E-state index contributed by atoms with van der Waals surface area (Å²) in [5, 5.41) is 0. The molecule has 10 heteroatoms. The van der Waals surface area contributed by atoms with Gasteiger partial charge >= 0.3 is 0 Å². The van der Waals surface area contributed by atoms with Crippen LogP contribution in [0.4, 0.5) is 11.6 Å². The number of ether oxygens (including phenoxy) is 2. The molecule has 31 heavy (non-hydrogen) atoms. The molecule has 2 fully saturated rings. The van der Waals surface area contributed by atoms with E-state index < -0.39 is 10.0 Å². The standard InChI is InChI=1S/C21H27N5O4S/c27-31(28,17-4-5-18-19(14-17)30-13-3-12-29-18)26-10-8-25(9-11-26)21-15-20(22-16-23-21)24-6-1-2-7-24/h4-5,14-16H,1-3,6-13H2. The third-order valence-corrected chi connectivity index (χ3v) is 7.88. The van der Waals surface area contributed by atoms with Gasteiger partial charge in [-0.15, -0.1) is 0 Å². The Bertz CT molecular complexity index is 1030. The molecule has 1 aromatic carbocycles. The highest BCUT2D eigenvalue weighted by molar-refractivity contribution is 7.89. The molecule has 2 saturated heterocycles. The quantitative estimate of drug-likeness (QED) is 0.703. The molecule has 166 valence electrons. The summed E-state index contributed by atoms with van der Waals surface area (Å²) in [5.74, 6) is 2.89. The first-order valence-electron chi connectivity index (χ1n) is 10.8. The van der Waals surface area contributed by atoms with E-state index in [4.69, 9.17) is 9.47 Å². The SMILES string of the molecule is O=S(=O)(c1ccc2c(c1)OCCCO2)N1CCN(c2cc(N3CCCC3)ncn2)CC1. The molecule has 0 amide bonds. The lowest BCUT2D eigenvalue weighted by molar-refractivity contribution is 0.296. The molecule has 0 bridgehead atoms. The van der Waals surface area contributed by atoms with E-state index in [0.29, 0.717) is 50.9 Å². The molecule has 0 aliphatic carbocycles. The van der Waals surface area contributed by atoms with Crippen molar-refractivity contribution in [1.29, 1.82) is 0 Å². The van der Waals surface area contributed by atoms with Gasteiger partial charge in [0.15, 0.2) is 11.5 Å². The molecule has 0 saturated carbocycles. The van der Waals surface area contributed by atoms with Crippen molar-refractivity contribution in [2.45, 2.75) is 24.2 Å². The first kappa shape index (κ1) is 20.3. The number of aromatic nitrogens is 2. The van der Waals surface area contributed by atoms with E-state index in [9.17, 15) is 8.42 Å². The average Bonchev–Trinajstić information content (AvgIpc) is 3.24. The van der Waals surface area contributed by atoms with Gasteiger partial charge < -0.3 is 19.3 Å². The number of hydrogen-bond acceptors (Lipinski definition) is 8. The van der Waals surface area contributed by atoms with Crippen LogP contribution < -0.4 is 19.3 Å². The van der Waals surface area contributed by atoms with Gasteiger partial charge in [0.25, 0.3) is 0 Å². The minimum absolute atomic E-state index is 0.239.